The van der Waals surface area contributed by atoms with Crippen LogP contribution in [0, 0.1) is 11.3 Å². The fraction of sp³-hybridized carbons (Fsp3) is 0.615. The average Bonchev–Trinajstić information content (AvgIpc) is 2.43. The van der Waals surface area contributed by atoms with Crippen molar-refractivity contribution >= 4 is 29.8 Å². The molecule has 0 aromatic heterocycles. The molecule has 0 saturated heterocycles. The maximum Gasteiger partial charge on any atom is 0.337 e. The van der Waals surface area contributed by atoms with Gasteiger partial charge in [0.2, 0.25) is 0 Å². The highest BCUT2D eigenvalue weighted by Gasteiger charge is 2.60. The Morgan fingerprint density at radius 2 is 1.12 bits per heavy atom. The van der Waals surface area contributed by atoms with Crippen LogP contribution in [-0.2, 0) is 24.0 Å². The predicted molar refractivity (Wildman–Crippen MR) is 75.3 cm³/mol. The molecule has 0 spiro atoms. The molecule has 0 aromatic carbocycles. The Hall–Kier alpha value is -2.69. The zero-order chi connectivity index (χ0) is 19.9. The van der Waals surface area contributed by atoms with Crippen LogP contribution in [0.3, 0.4) is 0 Å². The van der Waals surface area contributed by atoms with Crippen molar-refractivity contribution in [3.63, 3.8) is 0 Å². The summed E-state index contributed by atoms with van der Waals surface area (Å²) in [7, 11) is 0. The van der Waals surface area contributed by atoms with Gasteiger partial charge in [0.1, 0.15) is 5.41 Å². The molecule has 0 saturated carbocycles. The Morgan fingerprint density at radius 1 is 0.792 bits per heavy atom. The van der Waals surface area contributed by atoms with E-state index in [0.29, 0.717) is 0 Å². The summed E-state index contributed by atoms with van der Waals surface area (Å²) < 4.78 is 0. The molecule has 0 aliphatic carbocycles. The van der Waals surface area contributed by atoms with Crippen LogP contribution in [0.25, 0.3) is 0 Å². The molecule has 0 aliphatic heterocycles. The lowest BCUT2D eigenvalue weighted by molar-refractivity contribution is -0.198. The first-order chi connectivity index (χ1) is 10.6. The van der Waals surface area contributed by atoms with Crippen molar-refractivity contribution in [1.29, 1.82) is 0 Å². The second-order valence-electron chi connectivity index (χ2n) is 5.35. The minimum Gasteiger partial charge on any atom is -0.481 e. The molecule has 6 N–H and O–H groups in total. The van der Waals surface area contributed by atoms with Crippen LogP contribution < -0.4 is 0 Å². The van der Waals surface area contributed by atoms with Gasteiger partial charge in [0.15, 0.2) is 5.60 Å². The molecule has 2 atom stereocenters. The summed E-state index contributed by atoms with van der Waals surface area (Å²) in [6, 6.07) is 0. The number of carboxylic acids is 5. The predicted octanol–water partition coefficient (Wildman–Crippen LogP) is -0.431. The van der Waals surface area contributed by atoms with Crippen LogP contribution in [0.2, 0.25) is 0 Å². The minimum atomic E-state index is -2.88. The number of hydrogen-bond donors (Lipinski definition) is 6. The topological polar surface area (TPSA) is 207 Å². The summed E-state index contributed by atoms with van der Waals surface area (Å²) in [5.74, 6) is -8.96. The number of hydrogen-bond acceptors (Lipinski definition) is 6. The third-order valence-electron chi connectivity index (χ3n) is 3.36. The molecular formula is C13H20O11. The second kappa shape index (κ2) is 8.82. The average molecular weight is 352 g/mol. The molecule has 11 heteroatoms. The lowest BCUT2D eigenvalue weighted by Crippen LogP contribution is -2.61. The van der Waals surface area contributed by atoms with Gasteiger partial charge in [-0.3, -0.25) is 19.2 Å². The second-order valence-corrected chi connectivity index (χ2v) is 5.35. The molecule has 2 unspecified atom stereocenters. The van der Waals surface area contributed by atoms with Crippen molar-refractivity contribution in [2.24, 2.45) is 11.3 Å². The van der Waals surface area contributed by atoms with Crippen LogP contribution in [0.4, 0.5) is 0 Å². The molecule has 0 aliphatic rings. The van der Waals surface area contributed by atoms with E-state index >= 15 is 0 Å². The van der Waals surface area contributed by atoms with Crippen LogP contribution in [-0.4, -0.2) is 66.1 Å². The van der Waals surface area contributed by atoms with Gasteiger partial charge < -0.3 is 30.6 Å². The van der Waals surface area contributed by atoms with Crippen LogP contribution in [0.15, 0.2) is 0 Å². The summed E-state index contributed by atoms with van der Waals surface area (Å²) in [5, 5.41) is 52.1. The minimum absolute atomic E-state index is 0.296. The van der Waals surface area contributed by atoms with Gasteiger partial charge in [0.25, 0.3) is 0 Å². The first kappa shape index (κ1) is 23.6. The highest BCUT2D eigenvalue weighted by molar-refractivity contribution is 5.92. The molecular weight excluding hydrogens is 332 g/mol. The number of aliphatic hydroxyl groups is 1. The van der Waals surface area contributed by atoms with Crippen molar-refractivity contribution in [2.45, 2.75) is 39.2 Å². The fourth-order valence-electron chi connectivity index (χ4n) is 1.55. The quantitative estimate of drug-likeness (QED) is 0.330. The van der Waals surface area contributed by atoms with Crippen LogP contribution in [0.1, 0.15) is 33.6 Å². The molecule has 0 heterocycles. The third kappa shape index (κ3) is 5.83. The molecule has 0 amide bonds. The number of aliphatic carboxylic acids is 5. The fourth-order valence-corrected chi connectivity index (χ4v) is 1.55. The Bertz CT molecular complexity index is 508. The molecule has 0 bridgehead atoms. The van der Waals surface area contributed by atoms with Gasteiger partial charge in [-0.2, -0.15) is 0 Å². The van der Waals surface area contributed by atoms with Crippen molar-refractivity contribution in [3.05, 3.63) is 0 Å². The van der Waals surface area contributed by atoms with Crippen molar-refractivity contribution < 1.29 is 54.6 Å². The Kier molecular flexibility index (Phi) is 8.66. The van der Waals surface area contributed by atoms with Crippen LogP contribution >= 0.6 is 0 Å². The van der Waals surface area contributed by atoms with E-state index in [1.807, 2.05) is 0 Å². The Labute approximate surface area is 136 Å². The highest BCUT2D eigenvalue weighted by atomic mass is 16.4. The molecule has 11 nitrogen and oxygen atoms in total. The number of carbonyl (C=O) groups is 5. The maximum absolute atomic E-state index is 10.9. The van der Waals surface area contributed by atoms with E-state index in [-0.39, 0.29) is 12.8 Å². The summed E-state index contributed by atoms with van der Waals surface area (Å²) in [5.41, 5.74) is -5.01. The van der Waals surface area contributed by atoms with E-state index in [1.165, 1.54) is 0 Å². The summed E-state index contributed by atoms with van der Waals surface area (Å²) in [6.45, 7) is 2.87. The lowest BCUT2D eigenvalue weighted by Gasteiger charge is -2.38. The first-order valence-electron chi connectivity index (χ1n) is 6.47. The van der Waals surface area contributed by atoms with E-state index in [0.717, 1.165) is 20.8 Å². The third-order valence-corrected chi connectivity index (χ3v) is 3.36. The van der Waals surface area contributed by atoms with Crippen LogP contribution in [0.5, 0.6) is 0 Å². The highest BCUT2D eigenvalue weighted by Crippen LogP contribution is 2.37. The van der Waals surface area contributed by atoms with Crippen molar-refractivity contribution in [3.8, 4) is 0 Å². The number of carboxylic acid groups (broad SMARTS) is 5. The zero-order valence-electron chi connectivity index (χ0n) is 13.2. The van der Waals surface area contributed by atoms with Gasteiger partial charge in [0.05, 0.1) is 18.8 Å². The van der Waals surface area contributed by atoms with Gasteiger partial charge in [-0.25, -0.2) is 4.79 Å². The van der Waals surface area contributed by atoms with Crippen molar-refractivity contribution in [2.75, 3.05) is 0 Å². The molecule has 0 radical (unpaired) electrons. The smallest absolute Gasteiger partial charge is 0.337 e. The normalized spacial score (nSPS) is 14.3. The monoisotopic (exact) mass is 352 g/mol. The molecule has 138 valence electrons. The molecule has 24 heavy (non-hydrogen) atoms. The SMILES string of the molecule is CC(C(=O)O)C(O)(C(=O)O)C(C)(C)C(=O)O.O=C(O)CCC(=O)O. The maximum atomic E-state index is 10.9. The van der Waals surface area contributed by atoms with E-state index in [9.17, 15) is 29.1 Å². The zero-order valence-corrected chi connectivity index (χ0v) is 13.2. The standard InChI is InChI=1S/C9H14O7.C4H6O4/c1-4(5(10)11)9(16,7(14)15)8(2,3)6(12)13;5-3(6)1-2-4(7)8/h4,16H,1-3H3,(H,10,11)(H,12,13)(H,14,15);1-2H2,(H,5,6)(H,7,8). The van der Waals surface area contributed by atoms with Crippen molar-refractivity contribution in [1.82, 2.24) is 0 Å². The Balaban J connectivity index is 0. The van der Waals surface area contributed by atoms with Gasteiger partial charge in [-0.05, 0) is 20.8 Å². The summed E-state index contributed by atoms with van der Waals surface area (Å²) >= 11 is 0. The van der Waals surface area contributed by atoms with Gasteiger partial charge in [-0.15, -0.1) is 0 Å². The van der Waals surface area contributed by atoms with E-state index in [2.05, 4.69) is 0 Å². The van der Waals surface area contributed by atoms with Gasteiger partial charge in [-0.1, -0.05) is 0 Å². The first-order valence-corrected chi connectivity index (χ1v) is 6.47. The molecule has 0 aromatic rings. The molecule has 0 rings (SSSR count). The van der Waals surface area contributed by atoms with Gasteiger partial charge >= 0.3 is 29.8 Å². The number of rotatable bonds is 8. The van der Waals surface area contributed by atoms with Gasteiger partial charge in [0, 0.05) is 0 Å². The van der Waals surface area contributed by atoms with E-state index in [1.54, 1.807) is 0 Å². The summed E-state index contributed by atoms with van der Waals surface area (Å²) in [4.78, 5) is 51.8. The van der Waals surface area contributed by atoms with E-state index in [4.69, 9.17) is 25.5 Å². The lowest BCUT2D eigenvalue weighted by atomic mass is 9.68. The summed E-state index contributed by atoms with van der Waals surface area (Å²) in [6.07, 6.45) is -0.593. The van der Waals surface area contributed by atoms with E-state index < -0.39 is 46.8 Å². The Morgan fingerprint density at radius 3 is 1.29 bits per heavy atom. The molecule has 0 fully saturated rings. The largest absolute Gasteiger partial charge is 0.481 e.